The summed E-state index contributed by atoms with van der Waals surface area (Å²) in [5.41, 5.74) is 0.0843. The third-order valence-electron chi connectivity index (χ3n) is 2.92. The van der Waals surface area contributed by atoms with E-state index in [1.54, 1.807) is 13.2 Å². The van der Waals surface area contributed by atoms with Gasteiger partial charge in [-0.05, 0) is 18.9 Å². The van der Waals surface area contributed by atoms with E-state index in [4.69, 9.17) is 14.2 Å². The van der Waals surface area contributed by atoms with Gasteiger partial charge in [0.1, 0.15) is 5.75 Å². The molecule has 1 heterocycles. The molecule has 3 rings (SSSR count). The highest BCUT2D eigenvalue weighted by atomic mass is 16.7. The number of aliphatic hydroxyl groups is 1. The Hall–Kier alpha value is -1.42. The summed E-state index contributed by atoms with van der Waals surface area (Å²) in [7, 11) is 1.59. The van der Waals surface area contributed by atoms with Crippen LogP contribution in [0, 0.1) is 0 Å². The number of fused-ring (bicyclic) bond motifs is 1. The zero-order valence-electron chi connectivity index (χ0n) is 8.45. The zero-order valence-corrected chi connectivity index (χ0v) is 8.45. The minimum absolute atomic E-state index is 0.236. The van der Waals surface area contributed by atoms with E-state index in [1.165, 1.54) is 0 Å². The van der Waals surface area contributed by atoms with Crippen LogP contribution in [0.25, 0.3) is 0 Å². The Balaban J connectivity index is 2.12. The molecule has 80 valence electrons. The number of hydrogen-bond acceptors (Lipinski definition) is 4. The van der Waals surface area contributed by atoms with Crippen molar-refractivity contribution in [1.29, 1.82) is 0 Å². The Bertz CT molecular complexity index is 409. The van der Waals surface area contributed by atoms with E-state index in [0.717, 1.165) is 18.4 Å². The number of rotatable bonds is 2. The molecule has 0 radical (unpaired) electrons. The molecule has 4 heteroatoms. The Morgan fingerprint density at radius 3 is 2.53 bits per heavy atom. The summed E-state index contributed by atoms with van der Waals surface area (Å²) in [5.74, 6) is 2.03. The van der Waals surface area contributed by atoms with E-state index >= 15 is 0 Å². The average Bonchev–Trinajstić information content (AvgIpc) is 2.83. The van der Waals surface area contributed by atoms with Crippen molar-refractivity contribution in [1.82, 2.24) is 0 Å². The molecule has 0 atom stereocenters. The van der Waals surface area contributed by atoms with Crippen LogP contribution in [0.15, 0.2) is 12.1 Å². The van der Waals surface area contributed by atoms with Gasteiger partial charge in [-0.2, -0.15) is 0 Å². The average molecular weight is 208 g/mol. The minimum atomic E-state index is -0.716. The van der Waals surface area contributed by atoms with Crippen molar-refractivity contribution in [3.05, 3.63) is 17.7 Å². The number of hydrogen-bond donors (Lipinski definition) is 1. The van der Waals surface area contributed by atoms with Crippen LogP contribution in [-0.2, 0) is 5.60 Å². The summed E-state index contributed by atoms with van der Waals surface area (Å²) in [6, 6.07) is 3.59. The van der Waals surface area contributed by atoms with Crippen LogP contribution in [-0.4, -0.2) is 19.0 Å². The Morgan fingerprint density at radius 1 is 1.27 bits per heavy atom. The summed E-state index contributed by atoms with van der Waals surface area (Å²) in [4.78, 5) is 0. The van der Waals surface area contributed by atoms with Crippen molar-refractivity contribution < 1.29 is 19.3 Å². The Morgan fingerprint density at radius 2 is 1.93 bits per heavy atom. The molecule has 0 saturated heterocycles. The normalized spacial score (nSPS) is 20.1. The fourth-order valence-corrected chi connectivity index (χ4v) is 1.84. The van der Waals surface area contributed by atoms with Crippen LogP contribution in [0.5, 0.6) is 17.2 Å². The largest absolute Gasteiger partial charge is 0.496 e. The first kappa shape index (κ1) is 8.85. The molecule has 1 aromatic rings. The molecule has 0 bridgehead atoms. The van der Waals surface area contributed by atoms with Crippen LogP contribution in [0.1, 0.15) is 18.4 Å². The molecule has 0 spiro atoms. The lowest BCUT2D eigenvalue weighted by atomic mass is 10.1. The monoisotopic (exact) mass is 208 g/mol. The SMILES string of the molecule is COc1cc2c(cc1C1(O)CC1)OCO2. The fourth-order valence-electron chi connectivity index (χ4n) is 1.84. The molecule has 1 aliphatic heterocycles. The van der Waals surface area contributed by atoms with Gasteiger partial charge in [0, 0.05) is 11.6 Å². The van der Waals surface area contributed by atoms with Crippen LogP contribution in [0.2, 0.25) is 0 Å². The van der Waals surface area contributed by atoms with Gasteiger partial charge in [-0.3, -0.25) is 0 Å². The first-order valence-corrected chi connectivity index (χ1v) is 4.93. The van der Waals surface area contributed by atoms with Gasteiger partial charge < -0.3 is 19.3 Å². The lowest BCUT2D eigenvalue weighted by Crippen LogP contribution is -2.06. The quantitative estimate of drug-likeness (QED) is 0.798. The number of benzene rings is 1. The van der Waals surface area contributed by atoms with Crippen LogP contribution in [0.4, 0.5) is 0 Å². The van der Waals surface area contributed by atoms with Crippen molar-refractivity contribution in [3.8, 4) is 17.2 Å². The van der Waals surface area contributed by atoms with E-state index in [9.17, 15) is 5.11 Å². The van der Waals surface area contributed by atoms with Gasteiger partial charge in [0.15, 0.2) is 11.5 Å². The topological polar surface area (TPSA) is 47.9 Å². The van der Waals surface area contributed by atoms with Gasteiger partial charge in [0.25, 0.3) is 0 Å². The van der Waals surface area contributed by atoms with Crippen molar-refractivity contribution in [3.63, 3.8) is 0 Å². The van der Waals surface area contributed by atoms with Crippen molar-refractivity contribution in [2.75, 3.05) is 13.9 Å². The van der Waals surface area contributed by atoms with E-state index in [-0.39, 0.29) is 6.79 Å². The standard InChI is InChI=1S/C11H12O4/c1-13-8-5-10-9(14-6-15-10)4-7(8)11(12)2-3-11/h4-5,12H,2-3,6H2,1H3. The maximum atomic E-state index is 10.1. The number of methoxy groups -OCH3 is 1. The number of ether oxygens (including phenoxy) is 3. The first-order chi connectivity index (χ1) is 7.23. The van der Waals surface area contributed by atoms with E-state index in [0.29, 0.717) is 17.2 Å². The van der Waals surface area contributed by atoms with Crippen molar-refractivity contribution in [2.24, 2.45) is 0 Å². The van der Waals surface area contributed by atoms with Gasteiger partial charge in [0.05, 0.1) is 12.7 Å². The second-order valence-corrected chi connectivity index (χ2v) is 3.94. The van der Waals surface area contributed by atoms with E-state index < -0.39 is 5.60 Å². The molecule has 0 amide bonds. The molecule has 1 fully saturated rings. The molecule has 1 N–H and O–H groups in total. The first-order valence-electron chi connectivity index (χ1n) is 4.93. The van der Waals surface area contributed by atoms with Gasteiger partial charge in [-0.15, -0.1) is 0 Å². The predicted octanol–water partition coefficient (Wildman–Crippen LogP) is 1.41. The molecular weight excluding hydrogens is 196 g/mol. The molecule has 1 saturated carbocycles. The molecule has 15 heavy (non-hydrogen) atoms. The van der Waals surface area contributed by atoms with Gasteiger partial charge in [-0.1, -0.05) is 0 Å². The summed E-state index contributed by atoms with van der Waals surface area (Å²) in [5, 5.41) is 10.1. The molecule has 0 unspecified atom stereocenters. The summed E-state index contributed by atoms with van der Waals surface area (Å²) < 4.78 is 15.8. The summed E-state index contributed by atoms with van der Waals surface area (Å²) in [6.45, 7) is 0.236. The maximum absolute atomic E-state index is 10.1. The summed E-state index contributed by atoms with van der Waals surface area (Å²) >= 11 is 0. The molecular formula is C11H12O4. The van der Waals surface area contributed by atoms with Crippen LogP contribution >= 0.6 is 0 Å². The van der Waals surface area contributed by atoms with Gasteiger partial charge in [0.2, 0.25) is 6.79 Å². The van der Waals surface area contributed by atoms with E-state index in [2.05, 4.69) is 0 Å². The zero-order chi connectivity index (χ0) is 10.5. The smallest absolute Gasteiger partial charge is 0.231 e. The molecule has 2 aliphatic rings. The van der Waals surface area contributed by atoms with Crippen molar-refractivity contribution in [2.45, 2.75) is 18.4 Å². The lowest BCUT2D eigenvalue weighted by Gasteiger charge is -2.13. The van der Waals surface area contributed by atoms with Gasteiger partial charge >= 0.3 is 0 Å². The molecule has 1 aromatic carbocycles. The fraction of sp³-hybridized carbons (Fsp3) is 0.455. The Kier molecular flexibility index (Phi) is 1.65. The third-order valence-corrected chi connectivity index (χ3v) is 2.92. The van der Waals surface area contributed by atoms with E-state index in [1.807, 2.05) is 6.07 Å². The summed E-state index contributed by atoms with van der Waals surface area (Å²) in [6.07, 6.45) is 1.56. The van der Waals surface area contributed by atoms with Crippen LogP contribution < -0.4 is 14.2 Å². The molecule has 1 aliphatic carbocycles. The van der Waals surface area contributed by atoms with Gasteiger partial charge in [-0.25, -0.2) is 0 Å². The highest BCUT2D eigenvalue weighted by molar-refractivity contribution is 5.54. The second-order valence-electron chi connectivity index (χ2n) is 3.94. The maximum Gasteiger partial charge on any atom is 0.231 e. The molecule has 0 aromatic heterocycles. The third kappa shape index (κ3) is 1.25. The molecule has 4 nitrogen and oxygen atoms in total. The predicted molar refractivity (Wildman–Crippen MR) is 52.2 cm³/mol. The van der Waals surface area contributed by atoms with Crippen molar-refractivity contribution >= 4 is 0 Å². The minimum Gasteiger partial charge on any atom is -0.496 e. The Labute approximate surface area is 87.4 Å². The highest BCUT2D eigenvalue weighted by Crippen LogP contribution is 2.52. The highest BCUT2D eigenvalue weighted by Gasteiger charge is 2.45. The second kappa shape index (κ2) is 2.79. The lowest BCUT2D eigenvalue weighted by molar-refractivity contribution is 0.147. The van der Waals surface area contributed by atoms with Crippen LogP contribution in [0.3, 0.4) is 0 Å².